The van der Waals surface area contributed by atoms with E-state index in [9.17, 15) is 0 Å². The van der Waals surface area contributed by atoms with Crippen LogP contribution in [-0.4, -0.2) is 8.80 Å². The van der Waals surface area contributed by atoms with Crippen LogP contribution in [0, 0.1) is 0 Å². The predicted octanol–water partition coefficient (Wildman–Crippen LogP) is 10.3. The maximum Gasteiger partial charge on any atom is 0.151 e. The number of hydrogen-bond acceptors (Lipinski definition) is 2. The van der Waals surface area contributed by atoms with E-state index in [4.69, 9.17) is 4.74 Å². The molecule has 0 spiro atoms. The van der Waals surface area contributed by atoms with E-state index < -0.39 is 0 Å². The fourth-order valence-corrected chi connectivity index (χ4v) is 7.04. The smallest absolute Gasteiger partial charge is 0.151 e. The molecule has 10 rings (SSSR count). The highest BCUT2D eigenvalue weighted by molar-refractivity contribution is 6.24. The van der Waals surface area contributed by atoms with Crippen molar-refractivity contribution in [3.63, 3.8) is 0 Å². The van der Waals surface area contributed by atoms with Gasteiger partial charge in [0.25, 0.3) is 0 Å². The fourth-order valence-electron chi connectivity index (χ4n) is 7.04. The van der Waals surface area contributed by atoms with Gasteiger partial charge in [-0.3, -0.25) is 8.80 Å². The van der Waals surface area contributed by atoms with E-state index in [2.05, 4.69) is 129 Å². The molecular weight excluding hydrogens is 514 g/mol. The third-order valence-corrected chi connectivity index (χ3v) is 8.82. The molecule has 0 aliphatic carbocycles. The first-order chi connectivity index (χ1) is 20.8. The average Bonchev–Trinajstić information content (AvgIpc) is 3.68. The Balaban J connectivity index is 1.15. The molecule has 0 atom stereocenters. The van der Waals surface area contributed by atoms with Gasteiger partial charge in [-0.05, 0) is 71.8 Å². The van der Waals surface area contributed by atoms with Crippen molar-refractivity contribution >= 4 is 60.9 Å². The Morgan fingerprint density at radius 2 is 0.976 bits per heavy atom. The van der Waals surface area contributed by atoms with Crippen molar-refractivity contribution in [2.24, 2.45) is 0 Å². The second-order valence-electron chi connectivity index (χ2n) is 11.0. The SMILES string of the molecule is c1ccc2c(c1)Oc1ccccc1N2c1ccc(-c2ccc3c4c5ccccc5n5c6ccccc6n(c3c2)c45)cc1. The largest absolute Gasteiger partial charge is 0.453 e. The molecule has 0 radical (unpaired) electrons. The summed E-state index contributed by atoms with van der Waals surface area (Å²) in [4.78, 5) is 2.28. The lowest BCUT2D eigenvalue weighted by atomic mass is 10.0. The summed E-state index contributed by atoms with van der Waals surface area (Å²) in [7, 11) is 0. The van der Waals surface area contributed by atoms with Crippen LogP contribution in [-0.2, 0) is 0 Å². The number of para-hydroxylation sites is 7. The normalized spacial score (nSPS) is 12.9. The molecule has 0 amide bonds. The van der Waals surface area contributed by atoms with E-state index in [0.29, 0.717) is 0 Å². The number of ether oxygens (including phenoxy) is 1. The lowest BCUT2D eigenvalue weighted by molar-refractivity contribution is 0.477. The third-order valence-electron chi connectivity index (χ3n) is 8.82. The van der Waals surface area contributed by atoms with Gasteiger partial charge >= 0.3 is 0 Å². The number of rotatable bonds is 2. The summed E-state index contributed by atoms with van der Waals surface area (Å²) in [6, 6.07) is 49.7. The van der Waals surface area contributed by atoms with Crippen molar-refractivity contribution in [3.05, 3.63) is 140 Å². The molecule has 0 saturated heterocycles. The number of fused-ring (bicyclic) bond motifs is 11. The molecule has 0 N–H and O–H groups in total. The molecule has 4 heterocycles. The first-order valence-electron chi connectivity index (χ1n) is 14.3. The topological polar surface area (TPSA) is 21.3 Å². The molecule has 0 bridgehead atoms. The van der Waals surface area contributed by atoms with Gasteiger partial charge < -0.3 is 9.64 Å². The van der Waals surface area contributed by atoms with E-state index in [1.807, 2.05) is 24.3 Å². The minimum absolute atomic E-state index is 0.862. The summed E-state index contributed by atoms with van der Waals surface area (Å²) in [5.41, 5.74) is 11.8. The Labute approximate surface area is 241 Å². The molecule has 3 aromatic heterocycles. The molecule has 4 nitrogen and oxygen atoms in total. The fraction of sp³-hybridized carbons (Fsp3) is 0. The highest BCUT2D eigenvalue weighted by atomic mass is 16.5. The van der Waals surface area contributed by atoms with Crippen LogP contribution in [0.15, 0.2) is 140 Å². The Morgan fingerprint density at radius 1 is 0.429 bits per heavy atom. The molecule has 4 heteroatoms. The minimum Gasteiger partial charge on any atom is -0.453 e. The summed E-state index contributed by atoms with van der Waals surface area (Å²) >= 11 is 0. The molecule has 9 aromatic rings. The summed E-state index contributed by atoms with van der Waals surface area (Å²) in [5, 5.41) is 3.91. The maximum atomic E-state index is 6.21. The third kappa shape index (κ3) is 2.76. The summed E-state index contributed by atoms with van der Waals surface area (Å²) in [6.07, 6.45) is 0. The molecule has 1 aliphatic heterocycles. The van der Waals surface area contributed by atoms with Crippen molar-refractivity contribution in [2.45, 2.75) is 0 Å². The zero-order chi connectivity index (χ0) is 27.4. The van der Waals surface area contributed by atoms with Crippen LogP contribution in [0.1, 0.15) is 0 Å². The molecular formula is C38H23N3O. The monoisotopic (exact) mass is 537 g/mol. The number of anilines is 3. The van der Waals surface area contributed by atoms with E-state index in [-0.39, 0.29) is 0 Å². The molecule has 42 heavy (non-hydrogen) atoms. The van der Waals surface area contributed by atoms with Crippen LogP contribution in [0.5, 0.6) is 11.5 Å². The molecule has 6 aromatic carbocycles. The molecule has 0 saturated carbocycles. The summed E-state index contributed by atoms with van der Waals surface area (Å²) in [6.45, 7) is 0. The zero-order valence-corrected chi connectivity index (χ0v) is 22.5. The Bertz CT molecular complexity index is 2450. The summed E-state index contributed by atoms with van der Waals surface area (Å²) < 4.78 is 11.1. The van der Waals surface area contributed by atoms with Crippen LogP contribution >= 0.6 is 0 Å². The Hall–Kier alpha value is -5.74. The van der Waals surface area contributed by atoms with Crippen molar-refractivity contribution in [2.75, 3.05) is 4.90 Å². The van der Waals surface area contributed by atoms with Gasteiger partial charge in [-0.15, -0.1) is 0 Å². The highest BCUT2D eigenvalue weighted by Crippen LogP contribution is 2.50. The first-order valence-corrected chi connectivity index (χ1v) is 14.3. The van der Waals surface area contributed by atoms with Gasteiger partial charge in [-0.25, -0.2) is 0 Å². The average molecular weight is 538 g/mol. The maximum absolute atomic E-state index is 6.21. The predicted molar refractivity (Wildman–Crippen MR) is 172 cm³/mol. The number of imidazole rings is 1. The first kappa shape index (κ1) is 22.0. The number of benzene rings is 6. The van der Waals surface area contributed by atoms with Crippen LogP contribution < -0.4 is 9.64 Å². The van der Waals surface area contributed by atoms with Gasteiger partial charge in [0.1, 0.15) is 5.65 Å². The molecule has 196 valence electrons. The van der Waals surface area contributed by atoms with E-state index in [1.54, 1.807) is 0 Å². The number of nitrogens with zero attached hydrogens (tertiary/aromatic N) is 3. The van der Waals surface area contributed by atoms with Crippen molar-refractivity contribution < 1.29 is 4.74 Å². The molecule has 1 aliphatic rings. The number of hydrogen-bond donors (Lipinski definition) is 0. The van der Waals surface area contributed by atoms with E-state index in [0.717, 1.165) is 28.6 Å². The van der Waals surface area contributed by atoms with Gasteiger partial charge in [0.05, 0.1) is 33.4 Å². The van der Waals surface area contributed by atoms with Gasteiger partial charge in [0.2, 0.25) is 0 Å². The van der Waals surface area contributed by atoms with Gasteiger partial charge in [0.15, 0.2) is 11.5 Å². The molecule has 0 unspecified atom stereocenters. The quantitative estimate of drug-likeness (QED) is 0.219. The van der Waals surface area contributed by atoms with Gasteiger partial charge in [-0.1, -0.05) is 78.9 Å². The summed E-state index contributed by atoms with van der Waals surface area (Å²) in [5.74, 6) is 1.72. The van der Waals surface area contributed by atoms with Gasteiger partial charge in [-0.2, -0.15) is 0 Å². The lowest BCUT2D eigenvalue weighted by Crippen LogP contribution is -2.15. The van der Waals surface area contributed by atoms with Crippen LogP contribution in [0.25, 0.3) is 55.0 Å². The highest BCUT2D eigenvalue weighted by Gasteiger charge is 2.26. The minimum atomic E-state index is 0.862. The standard InChI is InChI=1S/C38H23N3O/c1-2-10-29-27(9-1)37-28-22-19-25(23-34(28)41-31-12-4-3-11-30(31)40(29)38(37)41)24-17-20-26(21-18-24)39-32-13-5-7-15-35(32)42-36-16-8-6-14-33(36)39/h1-23H. The van der Waals surface area contributed by atoms with Gasteiger partial charge in [0, 0.05) is 21.8 Å². The molecule has 0 fully saturated rings. The second-order valence-corrected chi connectivity index (χ2v) is 11.0. The van der Waals surface area contributed by atoms with Crippen LogP contribution in [0.4, 0.5) is 17.1 Å². The van der Waals surface area contributed by atoms with E-state index >= 15 is 0 Å². The Morgan fingerprint density at radius 3 is 1.69 bits per heavy atom. The van der Waals surface area contributed by atoms with Crippen LogP contribution in [0.3, 0.4) is 0 Å². The Kier molecular flexibility index (Phi) is 4.15. The second kappa shape index (κ2) is 7.93. The zero-order valence-electron chi connectivity index (χ0n) is 22.5. The van der Waals surface area contributed by atoms with Crippen molar-refractivity contribution in [3.8, 4) is 22.6 Å². The van der Waals surface area contributed by atoms with Crippen molar-refractivity contribution in [1.82, 2.24) is 8.80 Å². The van der Waals surface area contributed by atoms with Crippen molar-refractivity contribution in [1.29, 1.82) is 0 Å². The van der Waals surface area contributed by atoms with Crippen LogP contribution in [0.2, 0.25) is 0 Å². The number of aromatic nitrogens is 2. The lowest BCUT2D eigenvalue weighted by Gasteiger charge is -2.32. The van der Waals surface area contributed by atoms with E-state index in [1.165, 1.54) is 55.0 Å².